The van der Waals surface area contributed by atoms with Crippen LogP contribution < -0.4 is 5.32 Å². The highest BCUT2D eigenvalue weighted by Crippen LogP contribution is 2.31. The molecule has 0 spiro atoms. The molecule has 7 heteroatoms. The van der Waals surface area contributed by atoms with E-state index >= 15 is 0 Å². The second-order valence-electron chi connectivity index (χ2n) is 6.27. The molecule has 4 nitrogen and oxygen atoms in total. The third-order valence-corrected chi connectivity index (χ3v) is 7.45. The van der Waals surface area contributed by atoms with E-state index < -0.39 is 10.8 Å². The predicted octanol–water partition coefficient (Wildman–Crippen LogP) is 3.25. The number of likely N-dealkylation sites (tertiary alicyclic amines) is 1. The minimum atomic E-state index is -1.27. The van der Waals surface area contributed by atoms with Crippen LogP contribution in [0.1, 0.15) is 35.6 Å². The molecule has 3 rings (SSSR count). The molecule has 0 aromatic carbocycles. The third-order valence-electron chi connectivity index (χ3n) is 4.43. The summed E-state index contributed by atoms with van der Waals surface area (Å²) in [5.41, 5.74) is 2.06. The van der Waals surface area contributed by atoms with E-state index in [-0.39, 0.29) is 16.9 Å². The van der Waals surface area contributed by atoms with Crippen LogP contribution in [0.25, 0.3) is 0 Å². The molecule has 1 unspecified atom stereocenters. The van der Waals surface area contributed by atoms with Crippen molar-refractivity contribution in [3.05, 3.63) is 44.8 Å². The summed E-state index contributed by atoms with van der Waals surface area (Å²) in [6.45, 7) is 3.77. The lowest BCUT2D eigenvalue weighted by molar-refractivity contribution is -0.118. The summed E-state index contributed by atoms with van der Waals surface area (Å²) in [5.74, 6) is -0.0677. The zero-order valence-corrected chi connectivity index (χ0v) is 16.6. The van der Waals surface area contributed by atoms with Gasteiger partial charge in [0.15, 0.2) is 0 Å². The second kappa shape index (κ2) is 9.62. The van der Waals surface area contributed by atoms with Crippen LogP contribution in [0.4, 0.5) is 0 Å². The van der Waals surface area contributed by atoms with Gasteiger partial charge in [-0.05, 0) is 70.7 Å². The highest BCUT2D eigenvalue weighted by Gasteiger charge is 2.24. The minimum absolute atomic E-state index is 0.0519. The van der Waals surface area contributed by atoms with Gasteiger partial charge in [0, 0.05) is 23.9 Å². The number of nitrogens with one attached hydrogen (secondary N) is 1. The third kappa shape index (κ3) is 5.48. The van der Waals surface area contributed by atoms with Gasteiger partial charge in [-0.2, -0.15) is 22.7 Å². The molecular formula is C18H24N2O2S3. The molecule has 0 saturated carbocycles. The van der Waals surface area contributed by atoms with Crippen molar-refractivity contribution in [2.75, 3.05) is 31.9 Å². The Kier molecular flexibility index (Phi) is 7.22. The highest BCUT2D eigenvalue weighted by atomic mass is 32.2. The minimum Gasteiger partial charge on any atom is -0.354 e. The van der Waals surface area contributed by atoms with Crippen molar-refractivity contribution in [2.45, 2.75) is 24.5 Å². The lowest BCUT2D eigenvalue weighted by Crippen LogP contribution is -2.39. The molecule has 2 aromatic heterocycles. The summed E-state index contributed by atoms with van der Waals surface area (Å²) in [7, 11) is -1.27. The maximum atomic E-state index is 12.9. The number of hydrogen-bond acceptors (Lipinski definition) is 5. The average molecular weight is 397 g/mol. The molecule has 1 fully saturated rings. The van der Waals surface area contributed by atoms with Crippen molar-refractivity contribution in [2.24, 2.45) is 0 Å². The number of carbonyl (C=O) groups is 1. The molecule has 0 bridgehead atoms. The zero-order valence-electron chi connectivity index (χ0n) is 14.2. The summed E-state index contributed by atoms with van der Waals surface area (Å²) in [4.78, 5) is 14.6. The number of amides is 1. The van der Waals surface area contributed by atoms with E-state index in [4.69, 9.17) is 0 Å². The summed E-state index contributed by atoms with van der Waals surface area (Å²) >= 11 is 3.19. The summed E-state index contributed by atoms with van der Waals surface area (Å²) < 4.78 is 12.9. The van der Waals surface area contributed by atoms with E-state index in [0.29, 0.717) is 6.54 Å². The Morgan fingerprint density at radius 1 is 1.12 bits per heavy atom. The maximum absolute atomic E-state index is 12.9. The van der Waals surface area contributed by atoms with E-state index in [9.17, 15) is 9.00 Å². The van der Waals surface area contributed by atoms with Gasteiger partial charge in [0.2, 0.25) is 5.91 Å². The van der Waals surface area contributed by atoms with Crippen LogP contribution in [-0.2, 0) is 15.6 Å². The molecule has 1 amide bonds. The van der Waals surface area contributed by atoms with E-state index in [1.807, 2.05) is 33.7 Å². The Morgan fingerprint density at radius 3 is 2.32 bits per heavy atom. The van der Waals surface area contributed by atoms with Gasteiger partial charge >= 0.3 is 0 Å². The molecule has 0 aliphatic carbocycles. The fraction of sp³-hybridized carbons (Fsp3) is 0.500. The number of carbonyl (C=O) groups excluding carboxylic acids is 1. The first kappa shape index (κ1) is 18.8. The van der Waals surface area contributed by atoms with Gasteiger partial charge in [0.1, 0.15) is 5.75 Å². The van der Waals surface area contributed by atoms with E-state index in [2.05, 4.69) is 10.2 Å². The molecule has 3 heterocycles. The Hall–Kier alpha value is -1.02. The van der Waals surface area contributed by atoms with Gasteiger partial charge in [-0.25, -0.2) is 0 Å². The topological polar surface area (TPSA) is 49.4 Å². The highest BCUT2D eigenvalue weighted by molar-refractivity contribution is 7.86. The molecule has 1 aliphatic rings. The Bertz CT molecular complexity index is 630. The SMILES string of the molecule is O=C(CS(=O)C(c1ccsc1)c1ccsc1)NCCN1CCCCC1. The van der Waals surface area contributed by atoms with Crippen LogP contribution in [0.2, 0.25) is 0 Å². The first-order chi connectivity index (χ1) is 12.2. The summed E-state index contributed by atoms with van der Waals surface area (Å²) in [5, 5.41) is 10.7. The van der Waals surface area contributed by atoms with Crippen molar-refractivity contribution in [1.82, 2.24) is 10.2 Å². The number of hydrogen-bond donors (Lipinski definition) is 1. The Morgan fingerprint density at radius 2 is 1.76 bits per heavy atom. The molecule has 1 aliphatic heterocycles. The average Bonchev–Trinajstić information content (AvgIpc) is 3.30. The molecule has 2 aromatic rings. The van der Waals surface area contributed by atoms with Gasteiger partial charge in [0.05, 0.1) is 5.25 Å². The quantitative estimate of drug-likeness (QED) is 0.745. The van der Waals surface area contributed by atoms with E-state index in [1.54, 1.807) is 22.7 Å². The fourth-order valence-corrected chi connectivity index (χ4v) is 6.12. The maximum Gasteiger partial charge on any atom is 0.232 e. The van der Waals surface area contributed by atoms with Crippen molar-refractivity contribution >= 4 is 39.4 Å². The fourth-order valence-electron chi connectivity index (χ4n) is 3.14. The summed E-state index contributed by atoms with van der Waals surface area (Å²) in [6, 6.07) is 4.00. The van der Waals surface area contributed by atoms with Gasteiger partial charge < -0.3 is 10.2 Å². The smallest absolute Gasteiger partial charge is 0.232 e. The van der Waals surface area contributed by atoms with Gasteiger partial charge in [0.25, 0.3) is 0 Å². The molecule has 1 atom stereocenters. The van der Waals surface area contributed by atoms with Gasteiger partial charge in [-0.3, -0.25) is 9.00 Å². The Labute approximate surface area is 159 Å². The van der Waals surface area contributed by atoms with Crippen LogP contribution in [-0.4, -0.2) is 46.9 Å². The van der Waals surface area contributed by atoms with Crippen molar-refractivity contribution in [1.29, 1.82) is 0 Å². The van der Waals surface area contributed by atoms with Crippen LogP contribution in [0.5, 0.6) is 0 Å². The van der Waals surface area contributed by atoms with Crippen LogP contribution in [0.3, 0.4) is 0 Å². The van der Waals surface area contributed by atoms with Gasteiger partial charge in [-0.1, -0.05) is 6.42 Å². The first-order valence-corrected chi connectivity index (χ1v) is 11.9. The number of piperidine rings is 1. The lowest BCUT2D eigenvalue weighted by atomic mass is 10.1. The van der Waals surface area contributed by atoms with Crippen molar-refractivity contribution < 1.29 is 9.00 Å². The second-order valence-corrected chi connectivity index (χ2v) is 9.35. The first-order valence-electron chi connectivity index (χ1n) is 8.64. The van der Waals surface area contributed by atoms with E-state index in [0.717, 1.165) is 30.8 Å². The molecule has 25 heavy (non-hydrogen) atoms. The molecule has 1 N–H and O–H groups in total. The molecule has 136 valence electrons. The normalized spacial score (nSPS) is 16.8. The standard InChI is InChI=1S/C18H24N2O2S3/c21-17(19-6-9-20-7-2-1-3-8-20)14-25(22)18(15-4-10-23-12-15)16-5-11-24-13-16/h4-5,10-13,18H,1-3,6-9,14H2,(H,19,21). The zero-order chi connectivity index (χ0) is 17.5. The van der Waals surface area contributed by atoms with Crippen molar-refractivity contribution in [3.8, 4) is 0 Å². The van der Waals surface area contributed by atoms with Crippen molar-refractivity contribution in [3.63, 3.8) is 0 Å². The molecule has 0 radical (unpaired) electrons. The lowest BCUT2D eigenvalue weighted by Gasteiger charge is -2.26. The van der Waals surface area contributed by atoms with Crippen LogP contribution in [0, 0.1) is 0 Å². The van der Waals surface area contributed by atoms with E-state index in [1.165, 1.54) is 19.3 Å². The predicted molar refractivity (Wildman–Crippen MR) is 107 cm³/mol. The Balaban J connectivity index is 1.51. The van der Waals surface area contributed by atoms with Gasteiger partial charge in [-0.15, -0.1) is 0 Å². The largest absolute Gasteiger partial charge is 0.354 e. The monoisotopic (exact) mass is 396 g/mol. The number of thiophene rings is 2. The summed E-state index contributed by atoms with van der Waals surface area (Å²) in [6.07, 6.45) is 3.82. The number of nitrogens with zero attached hydrogens (tertiary/aromatic N) is 1. The molecular weight excluding hydrogens is 372 g/mol. The number of rotatable bonds is 8. The van der Waals surface area contributed by atoms with Crippen LogP contribution in [0.15, 0.2) is 33.7 Å². The molecule has 1 saturated heterocycles. The van der Waals surface area contributed by atoms with Crippen LogP contribution >= 0.6 is 22.7 Å².